The Hall–Kier alpha value is -6.58. The van der Waals surface area contributed by atoms with Crippen molar-refractivity contribution < 1.29 is 42.1 Å². The van der Waals surface area contributed by atoms with Crippen molar-refractivity contribution in [3.63, 3.8) is 0 Å². The van der Waals surface area contributed by atoms with Crippen LogP contribution in [-0.2, 0) is 53.0 Å². The number of hydrogen-bond donors (Lipinski definition) is 0. The van der Waals surface area contributed by atoms with E-state index in [9.17, 15) is 0 Å². The van der Waals surface area contributed by atoms with Crippen LogP contribution in [0.25, 0.3) is 87.9 Å². The van der Waals surface area contributed by atoms with Crippen LogP contribution in [0, 0.1) is 12.1 Å². The zero-order chi connectivity index (χ0) is 45.7. The molecule has 0 aliphatic heterocycles. The summed E-state index contributed by atoms with van der Waals surface area (Å²) in [5.74, 6) is 0. The second-order valence-electron chi connectivity index (χ2n) is 18.2. The molecule has 8 heteroatoms. The summed E-state index contributed by atoms with van der Waals surface area (Å²) in [4.78, 5) is 27.2. The van der Waals surface area contributed by atoms with Crippen LogP contribution < -0.4 is 9.97 Å². The molecule has 0 saturated carbocycles. The summed E-state index contributed by atoms with van der Waals surface area (Å²) in [7, 11) is 0. The molecule has 6 aromatic heterocycles. The Bertz CT molecular complexity index is 3320. The topological polar surface area (TPSA) is 79.8 Å². The molecule has 6 aromatic carbocycles. The number of rotatable bonds is 2. The second-order valence-corrected chi connectivity index (χ2v) is 18.2. The van der Waals surface area contributed by atoms with Gasteiger partial charge in [0.25, 0.3) is 0 Å². The Balaban J connectivity index is 0.000000133. The number of para-hydroxylation sites is 2. The standard InChI is InChI=1S/2C15H15N2.2C15H10N.2Pt/c2*1-15(2,3)13-9-8-11-10-6-4-5-7-12(10)16-14(11)17-13;2*1-2-8-13-12(6-1)7-5-9-14(13)15-10-3-4-11-16-15;;/h2*4-9H,1-3H3;2*1-8,10-11H;;/q4*-1;2*+2. The van der Waals surface area contributed by atoms with E-state index in [2.05, 4.69) is 156 Å². The van der Waals surface area contributed by atoms with Crippen LogP contribution in [0.15, 0.2) is 194 Å². The van der Waals surface area contributed by atoms with E-state index in [1.165, 1.54) is 32.3 Å². The van der Waals surface area contributed by atoms with Crippen LogP contribution in [0.5, 0.6) is 0 Å². The van der Waals surface area contributed by atoms with Crippen LogP contribution in [0.1, 0.15) is 52.9 Å². The van der Waals surface area contributed by atoms with E-state index in [0.29, 0.717) is 0 Å². The van der Waals surface area contributed by atoms with Gasteiger partial charge in [-0.2, -0.15) is 0 Å². The average molecular weight is 1250 g/mol. The fourth-order valence-corrected chi connectivity index (χ4v) is 7.92. The molecule has 0 spiro atoms. The summed E-state index contributed by atoms with van der Waals surface area (Å²) in [6, 6.07) is 67.9. The monoisotopic (exact) mass is 1240 g/mol. The molecule has 6 heterocycles. The number of benzene rings is 6. The first kappa shape index (κ1) is 49.3. The Morgan fingerprint density at radius 3 is 1.12 bits per heavy atom. The molecule has 0 bridgehead atoms. The van der Waals surface area contributed by atoms with Crippen molar-refractivity contribution in [3.8, 4) is 22.5 Å². The van der Waals surface area contributed by atoms with Gasteiger partial charge in [-0.05, 0) is 66.9 Å². The Morgan fingerprint density at radius 1 is 0.368 bits per heavy atom. The van der Waals surface area contributed by atoms with Gasteiger partial charge in [0.1, 0.15) is 0 Å². The van der Waals surface area contributed by atoms with Crippen molar-refractivity contribution in [2.75, 3.05) is 0 Å². The van der Waals surface area contributed by atoms with Gasteiger partial charge in [0.15, 0.2) is 0 Å². The molecule has 0 unspecified atom stereocenters. The Labute approximate surface area is 427 Å². The van der Waals surface area contributed by atoms with Gasteiger partial charge in [0, 0.05) is 12.4 Å². The summed E-state index contributed by atoms with van der Waals surface area (Å²) in [5, 5.41) is 9.52. The fourth-order valence-electron chi connectivity index (χ4n) is 7.92. The first-order chi connectivity index (χ1) is 32.0. The van der Waals surface area contributed by atoms with E-state index in [-0.39, 0.29) is 53.0 Å². The van der Waals surface area contributed by atoms with Gasteiger partial charge in [-0.15, -0.1) is 58.3 Å². The number of nitrogens with zero attached hydrogens (tertiary/aromatic N) is 6. The van der Waals surface area contributed by atoms with Gasteiger partial charge >= 0.3 is 42.1 Å². The molecule has 12 aromatic rings. The van der Waals surface area contributed by atoms with Crippen LogP contribution in [0.4, 0.5) is 0 Å². The minimum atomic E-state index is 0. The summed E-state index contributed by atoms with van der Waals surface area (Å²) >= 11 is 0. The normalized spacial score (nSPS) is 11.1. The zero-order valence-electron chi connectivity index (χ0n) is 38.8. The molecule has 0 aliphatic carbocycles. The smallest absolute Gasteiger partial charge is 0.439 e. The van der Waals surface area contributed by atoms with Gasteiger partial charge in [0.05, 0.1) is 0 Å². The molecule has 0 atom stereocenters. The third-order valence-electron chi connectivity index (χ3n) is 11.4. The second kappa shape index (κ2) is 21.6. The third kappa shape index (κ3) is 11.1. The van der Waals surface area contributed by atoms with Crippen molar-refractivity contribution in [2.45, 2.75) is 52.4 Å². The van der Waals surface area contributed by atoms with Gasteiger partial charge in [-0.3, -0.25) is 0 Å². The van der Waals surface area contributed by atoms with E-state index in [1.807, 2.05) is 122 Å². The van der Waals surface area contributed by atoms with E-state index >= 15 is 0 Å². The first-order valence-electron chi connectivity index (χ1n) is 22.3. The quantitative estimate of drug-likeness (QED) is 0.160. The molecule has 0 aliphatic rings. The molecule has 68 heavy (non-hydrogen) atoms. The maximum Gasteiger partial charge on any atom is 2.00 e. The summed E-state index contributed by atoms with van der Waals surface area (Å²) in [5.41, 5.74) is 10.2. The summed E-state index contributed by atoms with van der Waals surface area (Å²) in [6.45, 7) is 13.0. The molecule has 6 nitrogen and oxygen atoms in total. The first-order valence-corrected chi connectivity index (χ1v) is 22.3. The molecular formula is C60H50N6Pt2. The Morgan fingerprint density at radius 2 is 0.735 bits per heavy atom. The molecule has 0 N–H and O–H groups in total. The van der Waals surface area contributed by atoms with E-state index in [0.717, 1.165) is 67.0 Å². The van der Waals surface area contributed by atoms with Crippen molar-refractivity contribution in [3.05, 3.63) is 218 Å². The molecule has 0 radical (unpaired) electrons. The predicted molar refractivity (Wildman–Crippen MR) is 275 cm³/mol. The van der Waals surface area contributed by atoms with Gasteiger partial charge in [0.2, 0.25) is 0 Å². The van der Waals surface area contributed by atoms with E-state index in [1.54, 1.807) is 0 Å². The number of fused-ring (bicyclic) bond motifs is 8. The van der Waals surface area contributed by atoms with Crippen molar-refractivity contribution in [2.24, 2.45) is 0 Å². The summed E-state index contributed by atoms with van der Waals surface area (Å²) in [6.07, 6.45) is 3.62. The van der Waals surface area contributed by atoms with Gasteiger partial charge < -0.3 is 29.9 Å². The number of pyridine rings is 4. The zero-order valence-corrected chi connectivity index (χ0v) is 43.3. The fraction of sp³-hybridized carbons (Fsp3) is 0.133. The Kier molecular flexibility index (Phi) is 15.7. The molecule has 0 fully saturated rings. The van der Waals surface area contributed by atoms with Gasteiger partial charge in [-0.1, -0.05) is 221 Å². The SMILES string of the molecule is CC(C)(C)c1ccc2c(n1)[n-]c1ccccc12.CC(C)(C)c1ccc2c(n1)[n-]c1ccccc12.[Pt+2].[Pt+2].[c-]1ccc2ccccc2c1-c1ccccn1.[c-]1ccc2ccccc2c1-c1ccccn1. The molecule has 0 amide bonds. The van der Waals surface area contributed by atoms with E-state index in [4.69, 9.17) is 0 Å². The maximum absolute atomic E-state index is 4.67. The minimum absolute atomic E-state index is 0. The molecule has 0 saturated heterocycles. The average Bonchev–Trinajstić information content (AvgIpc) is 3.92. The van der Waals surface area contributed by atoms with Crippen LogP contribution in [0.2, 0.25) is 0 Å². The van der Waals surface area contributed by atoms with Crippen LogP contribution >= 0.6 is 0 Å². The number of aromatic nitrogens is 6. The van der Waals surface area contributed by atoms with Gasteiger partial charge in [-0.25, -0.2) is 0 Å². The number of hydrogen-bond acceptors (Lipinski definition) is 4. The minimum Gasteiger partial charge on any atom is -0.439 e. The largest absolute Gasteiger partial charge is 2.00 e. The van der Waals surface area contributed by atoms with Crippen LogP contribution in [0.3, 0.4) is 0 Å². The van der Waals surface area contributed by atoms with Crippen molar-refractivity contribution in [1.29, 1.82) is 0 Å². The molecule has 12 rings (SSSR count). The van der Waals surface area contributed by atoms with Crippen molar-refractivity contribution >= 4 is 65.4 Å². The molecule has 340 valence electrons. The summed E-state index contributed by atoms with van der Waals surface area (Å²) < 4.78 is 0. The van der Waals surface area contributed by atoms with Crippen molar-refractivity contribution in [1.82, 2.24) is 29.9 Å². The molecular weight excluding hydrogens is 1190 g/mol. The van der Waals surface area contributed by atoms with Crippen LogP contribution in [-0.4, -0.2) is 19.9 Å². The third-order valence-corrected chi connectivity index (χ3v) is 11.4. The maximum atomic E-state index is 4.67. The van der Waals surface area contributed by atoms with E-state index < -0.39 is 0 Å². The predicted octanol–water partition coefficient (Wildman–Crippen LogP) is 14.7.